The van der Waals surface area contributed by atoms with Crippen molar-refractivity contribution in [1.82, 2.24) is 4.98 Å². The van der Waals surface area contributed by atoms with Gasteiger partial charge in [-0.15, -0.1) is 13.2 Å². The van der Waals surface area contributed by atoms with Gasteiger partial charge >= 0.3 is 6.36 Å². The van der Waals surface area contributed by atoms with E-state index in [1.807, 2.05) is 32.6 Å². The van der Waals surface area contributed by atoms with E-state index in [2.05, 4.69) is 15.0 Å². The molecule has 1 aliphatic rings. The van der Waals surface area contributed by atoms with Crippen molar-refractivity contribution in [1.29, 1.82) is 0 Å². The molecular formula is C23H27F4N3O2. The smallest absolute Gasteiger partial charge is 0.406 e. The fourth-order valence-electron chi connectivity index (χ4n) is 3.72. The highest BCUT2D eigenvalue weighted by molar-refractivity contribution is 5.90. The second-order valence-electron chi connectivity index (χ2n) is 9.45. The van der Waals surface area contributed by atoms with Gasteiger partial charge in [-0.25, -0.2) is 9.37 Å². The van der Waals surface area contributed by atoms with E-state index < -0.39 is 12.2 Å². The molecule has 174 valence electrons. The molecule has 1 atom stereocenters. The molecule has 0 radical (unpaired) electrons. The number of carbonyl (C=O) groups excluding carboxylic acids is 1. The summed E-state index contributed by atoms with van der Waals surface area (Å²) in [5.41, 5.74) is 1.81. The molecule has 3 rings (SSSR count). The summed E-state index contributed by atoms with van der Waals surface area (Å²) in [6.45, 7) is 8.82. The fourth-order valence-corrected chi connectivity index (χ4v) is 3.72. The molecule has 2 heterocycles. The molecule has 32 heavy (non-hydrogen) atoms. The molecule has 1 aromatic heterocycles. The largest absolute Gasteiger partial charge is 0.573 e. The van der Waals surface area contributed by atoms with Gasteiger partial charge in [0.25, 0.3) is 0 Å². The Morgan fingerprint density at radius 2 is 1.88 bits per heavy atom. The lowest BCUT2D eigenvalue weighted by atomic mass is 9.92. The number of anilines is 2. The number of amides is 1. The van der Waals surface area contributed by atoms with E-state index in [1.165, 1.54) is 18.2 Å². The normalized spacial score (nSPS) is 16.5. The maximum absolute atomic E-state index is 14.8. The highest BCUT2D eigenvalue weighted by Gasteiger charge is 2.31. The minimum Gasteiger partial charge on any atom is -0.406 e. The zero-order valence-corrected chi connectivity index (χ0v) is 18.5. The Balaban J connectivity index is 1.78. The predicted octanol–water partition coefficient (Wildman–Crippen LogP) is 5.69. The first kappa shape index (κ1) is 23.8. The second-order valence-corrected chi connectivity index (χ2v) is 9.45. The second kappa shape index (κ2) is 8.96. The summed E-state index contributed by atoms with van der Waals surface area (Å²) in [4.78, 5) is 18.6. The van der Waals surface area contributed by atoms with E-state index in [-0.39, 0.29) is 35.2 Å². The monoisotopic (exact) mass is 453 g/mol. The molecule has 0 aliphatic carbocycles. The number of halogens is 4. The number of carbonyl (C=O) groups is 1. The third kappa shape index (κ3) is 6.58. The summed E-state index contributed by atoms with van der Waals surface area (Å²) in [6, 6.07) is 6.96. The minimum absolute atomic E-state index is 0.0827. The molecule has 0 saturated heterocycles. The molecule has 9 heteroatoms. The molecule has 1 aliphatic heterocycles. The Labute approximate surface area is 184 Å². The minimum atomic E-state index is -4.74. The number of rotatable bonds is 5. The third-order valence-corrected chi connectivity index (χ3v) is 4.93. The van der Waals surface area contributed by atoms with Crippen molar-refractivity contribution in [3.63, 3.8) is 0 Å². The molecule has 1 aromatic carbocycles. The van der Waals surface area contributed by atoms with Crippen LogP contribution in [0.5, 0.6) is 5.75 Å². The first-order valence-electron chi connectivity index (χ1n) is 10.4. The number of fused-ring (bicyclic) bond motifs is 1. The number of hydrogen-bond acceptors (Lipinski definition) is 4. The number of ether oxygens (including phenoxy) is 1. The third-order valence-electron chi connectivity index (χ3n) is 4.93. The number of nitrogens with one attached hydrogen (secondary N) is 1. The van der Waals surface area contributed by atoms with Crippen LogP contribution in [0.4, 0.5) is 29.1 Å². The number of hydrogen-bond donors (Lipinski definition) is 1. The van der Waals surface area contributed by atoms with E-state index >= 15 is 0 Å². The maximum atomic E-state index is 14.8. The quantitative estimate of drug-likeness (QED) is 0.591. The van der Waals surface area contributed by atoms with Crippen molar-refractivity contribution < 1.29 is 27.1 Å². The van der Waals surface area contributed by atoms with Gasteiger partial charge in [0.15, 0.2) is 11.6 Å². The number of benzene rings is 1. The van der Waals surface area contributed by atoms with Gasteiger partial charge in [-0.05, 0) is 35.4 Å². The van der Waals surface area contributed by atoms with Crippen LogP contribution >= 0.6 is 0 Å². The molecule has 0 spiro atoms. The van der Waals surface area contributed by atoms with E-state index in [9.17, 15) is 22.4 Å². The van der Waals surface area contributed by atoms with Crippen molar-refractivity contribution >= 4 is 17.4 Å². The van der Waals surface area contributed by atoms with Crippen LogP contribution in [0.3, 0.4) is 0 Å². The van der Waals surface area contributed by atoms with E-state index in [4.69, 9.17) is 0 Å². The summed E-state index contributed by atoms with van der Waals surface area (Å²) >= 11 is 0. The van der Waals surface area contributed by atoms with Gasteiger partial charge in [-0.1, -0.05) is 39.8 Å². The number of pyridine rings is 1. The molecule has 0 unspecified atom stereocenters. The Morgan fingerprint density at radius 1 is 1.22 bits per heavy atom. The van der Waals surface area contributed by atoms with E-state index in [1.54, 1.807) is 12.1 Å². The van der Waals surface area contributed by atoms with Gasteiger partial charge < -0.3 is 15.0 Å². The van der Waals surface area contributed by atoms with Gasteiger partial charge in [0.05, 0.1) is 11.4 Å². The zero-order valence-electron chi connectivity index (χ0n) is 18.5. The Kier molecular flexibility index (Phi) is 6.67. The van der Waals surface area contributed by atoms with Crippen LogP contribution in [0.15, 0.2) is 30.3 Å². The lowest BCUT2D eigenvalue weighted by Crippen LogP contribution is -2.35. The van der Waals surface area contributed by atoms with E-state index in [0.717, 1.165) is 5.56 Å². The van der Waals surface area contributed by atoms with Crippen LogP contribution in [0.2, 0.25) is 0 Å². The van der Waals surface area contributed by atoms with Gasteiger partial charge in [-0.2, -0.15) is 0 Å². The summed E-state index contributed by atoms with van der Waals surface area (Å²) < 4.78 is 55.7. The molecule has 2 aromatic rings. The Bertz CT molecular complexity index is 969. The van der Waals surface area contributed by atoms with Crippen molar-refractivity contribution in [3.8, 4) is 5.75 Å². The summed E-state index contributed by atoms with van der Waals surface area (Å²) in [6.07, 6.45) is -3.87. The maximum Gasteiger partial charge on any atom is 0.573 e. The summed E-state index contributed by atoms with van der Waals surface area (Å²) in [5.74, 6) is -1.07. The van der Waals surface area contributed by atoms with Crippen LogP contribution in [-0.4, -0.2) is 23.8 Å². The van der Waals surface area contributed by atoms with Gasteiger partial charge in [-0.3, -0.25) is 4.79 Å². The van der Waals surface area contributed by atoms with Crippen LogP contribution in [0.1, 0.15) is 45.4 Å². The number of aromatic nitrogens is 1. The van der Waals surface area contributed by atoms with E-state index in [0.29, 0.717) is 30.9 Å². The van der Waals surface area contributed by atoms with Crippen molar-refractivity contribution in [2.45, 2.75) is 53.4 Å². The molecule has 0 bridgehead atoms. The predicted molar refractivity (Wildman–Crippen MR) is 114 cm³/mol. The number of alkyl halides is 3. The Hall–Kier alpha value is -2.84. The van der Waals surface area contributed by atoms with Crippen LogP contribution < -0.4 is 15.0 Å². The average Bonchev–Trinajstić information content (AvgIpc) is 2.62. The lowest BCUT2D eigenvalue weighted by Gasteiger charge is -2.34. The molecule has 0 saturated carbocycles. The molecule has 1 amide bonds. The summed E-state index contributed by atoms with van der Waals surface area (Å²) in [7, 11) is 0. The van der Waals surface area contributed by atoms with Crippen LogP contribution in [0.25, 0.3) is 0 Å². The van der Waals surface area contributed by atoms with Gasteiger partial charge in [0, 0.05) is 25.6 Å². The number of nitrogens with zero attached hydrogens (tertiary/aromatic N) is 2. The first-order valence-corrected chi connectivity index (χ1v) is 10.4. The van der Waals surface area contributed by atoms with Crippen molar-refractivity contribution in [3.05, 3.63) is 47.4 Å². The average molecular weight is 453 g/mol. The highest BCUT2D eigenvalue weighted by Crippen LogP contribution is 2.33. The highest BCUT2D eigenvalue weighted by atomic mass is 19.4. The van der Waals surface area contributed by atoms with Crippen LogP contribution in [-0.2, 0) is 17.8 Å². The fraction of sp³-hybridized carbons (Fsp3) is 0.478. The molecule has 0 fully saturated rings. The summed E-state index contributed by atoms with van der Waals surface area (Å²) in [5, 5.41) is 2.57. The zero-order chi connectivity index (χ0) is 23.7. The van der Waals surface area contributed by atoms with Gasteiger partial charge in [0.2, 0.25) is 5.91 Å². The Morgan fingerprint density at radius 3 is 2.47 bits per heavy atom. The SMILES string of the molecule is C[C@H]1Cc2nc(NC(=O)CC(C)(C)C)c(F)cc2N(Cc2ccc(OC(F)(F)F)cc2)C1. The first-order chi connectivity index (χ1) is 14.8. The lowest BCUT2D eigenvalue weighted by molar-refractivity contribution is -0.274. The van der Waals surface area contributed by atoms with Crippen molar-refractivity contribution in [2.24, 2.45) is 11.3 Å². The van der Waals surface area contributed by atoms with Gasteiger partial charge in [0.1, 0.15) is 5.75 Å². The molecular weight excluding hydrogens is 426 g/mol. The van der Waals surface area contributed by atoms with Crippen molar-refractivity contribution in [2.75, 3.05) is 16.8 Å². The van der Waals surface area contributed by atoms with Crippen LogP contribution in [0, 0.1) is 17.2 Å². The molecule has 1 N–H and O–H groups in total. The molecule has 5 nitrogen and oxygen atoms in total. The topological polar surface area (TPSA) is 54.5 Å². The standard InChI is InChI=1S/C23H27F4N3O2/c1-14-9-18-19(10-17(24)21(28-18)29-20(31)11-22(2,3)4)30(12-14)13-15-5-7-16(8-6-15)32-23(25,26)27/h5-8,10,14H,9,11-13H2,1-4H3,(H,28,29,31)/t14-/m0/s1.